The van der Waals surface area contributed by atoms with Gasteiger partial charge in [0.25, 0.3) is 0 Å². The molecular formula is C27H31NO10. The third kappa shape index (κ3) is 4.36. The predicted octanol–water partition coefficient (Wildman–Crippen LogP) is 1.28. The van der Waals surface area contributed by atoms with E-state index in [0.29, 0.717) is 13.0 Å². The molecule has 204 valence electrons. The Balaban J connectivity index is 0.00000164. The highest BCUT2D eigenvalue weighted by atomic mass is 16.7. The van der Waals surface area contributed by atoms with E-state index < -0.39 is 71.0 Å². The van der Waals surface area contributed by atoms with Crippen LogP contribution in [0.2, 0.25) is 0 Å². The number of carbonyl (C=O) groups is 3. The molecule has 3 unspecified atom stereocenters. The number of phenols is 2. The number of fused-ring (bicyclic) bond motifs is 3. The number of hydrogen-bond acceptors (Lipinski definition) is 11. The standard InChI is InChI=1S/C26H26O10.CH5N/c1-34-14-6-4-5-12-18(14)24(31)21-20(22(12)29)23(30)13-9-26(33,16(28)11-27)10-15(19(13)25(21)32)36-17-7-2-3-8-35-17;1-2/h4-6,15,17,27,30,32-33H,2-3,7-11H2,1H3;2H2,1H3. The van der Waals surface area contributed by atoms with E-state index >= 15 is 0 Å². The van der Waals surface area contributed by atoms with Gasteiger partial charge in [-0.15, -0.1) is 0 Å². The Kier molecular flexibility index (Phi) is 7.86. The van der Waals surface area contributed by atoms with Crippen LogP contribution < -0.4 is 10.5 Å². The van der Waals surface area contributed by atoms with E-state index in [-0.39, 0.29) is 34.4 Å². The molecule has 0 spiro atoms. The van der Waals surface area contributed by atoms with Crippen molar-refractivity contribution in [1.29, 1.82) is 0 Å². The van der Waals surface area contributed by atoms with Crippen molar-refractivity contribution >= 4 is 17.3 Å². The zero-order valence-electron chi connectivity index (χ0n) is 21.2. The van der Waals surface area contributed by atoms with Crippen LogP contribution in [0.15, 0.2) is 18.2 Å². The van der Waals surface area contributed by atoms with Crippen molar-refractivity contribution in [3.05, 3.63) is 51.6 Å². The van der Waals surface area contributed by atoms with Crippen LogP contribution in [-0.2, 0) is 20.7 Å². The molecule has 11 heteroatoms. The van der Waals surface area contributed by atoms with Gasteiger partial charge in [-0.05, 0) is 32.4 Å². The Morgan fingerprint density at radius 1 is 1.11 bits per heavy atom. The van der Waals surface area contributed by atoms with Crippen molar-refractivity contribution in [2.45, 2.75) is 50.1 Å². The number of aliphatic hydroxyl groups is 2. The highest BCUT2D eigenvalue weighted by molar-refractivity contribution is 6.31. The van der Waals surface area contributed by atoms with E-state index in [1.165, 1.54) is 32.4 Å². The Hall–Kier alpha value is -3.35. The lowest BCUT2D eigenvalue weighted by Crippen LogP contribution is -2.48. The molecule has 3 atom stereocenters. The average Bonchev–Trinajstić information content (AvgIpc) is 2.94. The number of benzene rings is 2. The van der Waals surface area contributed by atoms with Gasteiger partial charge in [0.2, 0.25) is 5.78 Å². The number of Topliss-reactive ketones (excluding diaryl/α,β-unsaturated/α-hetero) is 1. The third-order valence-electron chi connectivity index (χ3n) is 7.19. The summed E-state index contributed by atoms with van der Waals surface area (Å²) in [7, 11) is 2.85. The van der Waals surface area contributed by atoms with Gasteiger partial charge in [-0.2, -0.15) is 0 Å². The fourth-order valence-corrected chi connectivity index (χ4v) is 5.40. The van der Waals surface area contributed by atoms with Gasteiger partial charge in [0, 0.05) is 36.1 Å². The van der Waals surface area contributed by atoms with Crippen LogP contribution in [0.5, 0.6) is 17.2 Å². The summed E-state index contributed by atoms with van der Waals surface area (Å²) >= 11 is 0. The monoisotopic (exact) mass is 529 g/mol. The third-order valence-corrected chi connectivity index (χ3v) is 7.19. The molecule has 0 aromatic heterocycles. The maximum absolute atomic E-state index is 13.6. The molecule has 1 saturated heterocycles. The molecule has 2 aromatic carbocycles. The summed E-state index contributed by atoms with van der Waals surface area (Å²) < 4.78 is 16.9. The molecule has 5 rings (SSSR count). The fraction of sp³-hybridized carbons (Fsp3) is 0.444. The molecule has 3 aliphatic rings. The molecule has 0 amide bonds. The topological polar surface area (TPSA) is 186 Å². The first-order chi connectivity index (χ1) is 18.2. The van der Waals surface area contributed by atoms with Crippen molar-refractivity contribution in [1.82, 2.24) is 0 Å². The van der Waals surface area contributed by atoms with Crippen LogP contribution >= 0.6 is 0 Å². The van der Waals surface area contributed by atoms with Gasteiger partial charge in [0.05, 0.1) is 29.9 Å². The Morgan fingerprint density at radius 2 is 1.82 bits per heavy atom. The normalized spacial score (nSPS) is 23.9. The molecule has 0 saturated carbocycles. The summed E-state index contributed by atoms with van der Waals surface area (Å²) in [5.41, 5.74) is 1.38. The Bertz CT molecular complexity index is 1280. The number of methoxy groups -OCH3 is 1. The first kappa shape index (κ1) is 27.7. The number of hydrogen-bond donors (Lipinski definition) is 5. The first-order valence-corrected chi connectivity index (χ1v) is 12.3. The summed E-state index contributed by atoms with van der Waals surface area (Å²) in [4.78, 5) is 39.5. The lowest BCUT2D eigenvalue weighted by molar-refractivity contribution is -0.204. The summed E-state index contributed by atoms with van der Waals surface area (Å²) in [5.74, 6) is -3.41. The second kappa shape index (κ2) is 10.8. The quantitative estimate of drug-likeness (QED) is 0.300. The Labute approximate surface area is 218 Å². The van der Waals surface area contributed by atoms with Gasteiger partial charge >= 0.3 is 0 Å². The van der Waals surface area contributed by atoms with Crippen molar-refractivity contribution in [2.75, 3.05) is 27.4 Å². The number of aliphatic hydroxyl groups excluding tert-OH is 1. The van der Waals surface area contributed by atoms with Gasteiger partial charge in [-0.25, -0.2) is 0 Å². The molecular weight excluding hydrogens is 498 g/mol. The largest absolute Gasteiger partial charge is 0.507 e. The highest BCUT2D eigenvalue weighted by Gasteiger charge is 2.49. The fourth-order valence-electron chi connectivity index (χ4n) is 5.40. The molecule has 1 aliphatic heterocycles. The van der Waals surface area contributed by atoms with Crippen LogP contribution in [0.3, 0.4) is 0 Å². The van der Waals surface area contributed by atoms with E-state index in [2.05, 4.69) is 5.73 Å². The second-order valence-corrected chi connectivity index (χ2v) is 9.30. The molecule has 11 nitrogen and oxygen atoms in total. The zero-order valence-corrected chi connectivity index (χ0v) is 21.2. The van der Waals surface area contributed by atoms with Crippen LogP contribution in [0, 0.1) is 0 Å². The highest BCUT2D eigenvalue weighted by Crippen LogP contribution is 2.52. The maximum atomic E-state index is 13.6. The van der Waals surface area contributed by atoms with Crippen molar-refractivity contribution < 1.29 is 49.0 Å². The smallest absolute Gasteiger partial charge is 0.202 e. The van der Waals surface area contributed by atoms with E-state index in [1.54, 1.807) is 0 Å². The number of ketones is 3. The number of phenolic OH excluding ortho intramolecular Hbond substituents is 2. The van der Waals surface area contributed by atoms with Crippen LogP contribution in [0.25, 0.3) is 0 Å². The van der Waals surface area contributed by atoms with Gasteiger partial charge < -0.3 is 40.4 Å². The van der Waals surface area contributed by atoms with Crippen molar-refractivity contribution in [3.63, 3.8) is 0 Å². The van der Waals surface area contributed by atoms with Gasteiger partial charge in [-0.1, -0.05) is 12.1 Å². The van der Waals surface area contributed by atoms with Gasteiger partial charge in [0.1, 0.15) is 29.5 Å². The van der Waals surface area contributed by atoms with Crippen LogP contribution in [-0.4, -0.2) is 77.0 Å². The van der Waals surface area contributed by atoms with Gasteiger partial charge in [0.15, 0.2) is 17.9 Å². The lowest BCUT2D eigenvalue weighted by Gasteiger charge is -2.40. The minimum atomic E-state index is -2.14. The maximum Gasteiger partial charge on any atom is 0.202 e. The molecule has 6 N–H and O–H groups in total. The average molecular weight is 530 g/mol. The van der Waals surface area contributed by atoms with Gasteiger partial charge in [-0.3, -0.25) is 14.4 Å². The summed E-state index contributed by atoms with van der Waals surface area (Å²) in [6, 6.07) is 4.45. The summed E-state index contributed by atoms with van der Waals surface area (Å²) in [6.07, 6.45) is -0.549. The molecule has 0 radical (unpaired) electrons. The predicted molar refractivity (Wildman–Crippen MR) is 133 cm³/mol. The lowest BCUT2D eigenvalue weighted by atomic mass is 9.72. The van der Waals surface area contributed by atoms with E-state index in [0.717, 1.165) is 12.8 Å². The number of aromatic hydroxyl groups is 2. The molecule has 2 aromatic rings. The first-order valence-electron chi connectivity index (χ1n) is 12.3. The number of nitrogens with two attached hydrogens (primary N) is 1. The number of carbonyl (C=O) groups excluding carboxylic acids is 3. The van der Waals surface area contributed by atoms with Crippen molar-refractivity contribution in [2.24, 2.45) is 5.73 Å². The zero-order chi connectivity index (χ0) is 27.8. The summed E-state index contributed by atoms with van der Waals surface area (Å²) in [6.45, 7) is -0.518. The number of rotatable bonds is 5. The molecule has 38 heavy (non-hydrogen) atoms. The molecule has 0 bridgehead atoms. The summed E-state index contributed by atoms with van der Waals surface area (Å²) in [5, 5.41) is 43.3. The SMILES string of the molecule is CN.COc1cccc2c1C(=O)c1c(O)c3c(c(O)c1C2=O)CC(O)(C(=O)CO)CC3OC1CCCCO1. The van der Waals surface area contributed by atoms with Crippen molar-refractivity contribution in [3.8, 4) is 17.2 Å². The Morgan fingerprint density at radius 3 is 2.45 bits per heavy atom. The molecule has 2 aliphatic carbocycles. The van der Waals surface area contributed by atoms with E-state index in [1.807, 2.05) is 0 Å². The van der Waals surface area contributed by atoms with E-state index in [4.69, 9.17) is 14.2 Å². The van der Waals surface area contributed by atoms with Crippen LogP contribution in [0.4, 0.5) is 0 Å². The molecule has 1 heterocycles. The second-order valence-electron chi connectivity index (χ2n) is 9.30. The minimum absolute atomic E-state index is 0.00432. The molecule has 1 fully saturated rings. The number of ether oxygens (including phenoxy) is 3. The van der Waals surface area contributed by atoms with Crippen LogP contribution in [0.1, 0.15) is 74.8 Å². The van der Waals surface area contributed by atoms with E-state index in [9.17, 15) is 34.8 Å². The minimum Gasteiger partial charge on any atom is -0.507 e.